The lowest BCUT2D eigenvalue weighted by atomic mass is 10.2. The summed E-state index contributed by atoms with van der Waals surface area (Å²) in [6.07, 6.45) is 1.46. The van der Waals surface area contributed by atoms with E-state index < -0.39 is 0 Å². The molecule has 0 unspecified atom stereocenters. The maximum absolute atomic E-state index is 12.7. The zero-order valence-corrected chi connectivity index (χ0v) is 16.2. The molecule has 1 aliphatic rings. The van der Waals surface area contributed by atoms with E-state index in [9.17, 15) is 9.59 Å². The van der Waals surface area contributed by atoms with Crippen LogP contribution >= 0.6 is 11.6 Å². The van der Waals surface area contributed by atoms with Crippen molar-refractivity contribution in [1.29, 1.82) is 0 Å². The largest absolute Gasteiger partial charge is 0.330 e. The predicted molar refractivity (Wildman–Crippen MR) is 108 cm³/mol. The van der Waals surface area contributed by atoms with E-state index in [0.29, 0.717) is 24.0 Å². The highest BCUT2D eigenvalue weighted by atomic mass is 35.5. The number of carbonyl (C=O) groups excluding carboxylic acids is 1. The van der Waals surface area contributed by atoms with Gasteiger partial charge in [-0.1, -0.05) is 35.9 Å². The Labute approximate surface area is 168 Å². The summed E-state index contributed by atoms with van der Waals surface area (Å²) in [4.78, 5) is 32.8. The molecule has 1 amide bonds. The van der Waals surface area contributed by atoms with Gasteiger partial charge in [-0.2, -0.15) is 0 Å². The van der Waals surface area contributed by atoms with Gasteiger partial charge in [0, 0.05) is 10.6 Å². The molecule has 7 heteroatoms. The summed E-state index contributed by atoms with van der Waals surface area (Å²) in [5.74, 6) is -0.0408. The lowest BCUT2D eigenvalue weighted by Crippen LogP contribution is -3.13. The Bertz CT molecular complexity index is 1060. The van der Waals surface area contributed by atoms with Gasteiger partial charge in [0.25, 0.3) is 5.56 Å². The van der Waals surface area contributed by atoms with E-state index in [0.717, 1.165) is 24.7 Å². The van der Waals surface area contributed by atoms with Crippen LogP contribution in [0.15, 0.2) is 59.7 Å². The molecule has 28 heavy (non-hydrogen) atoms. The van der Waals surface area contributed by atoms with Crippen molar-refractivity contribution >= 4 is 28.4 Å². The van der Waals surface area contributed by atoms with Crippen LogP contribution in [0.2, 0.25) is 5.02 Å². The number of para-hydroxylation sites is 1. The van der Waals surface area contributed by atoms with Crippen molar-refractivity contribution in [1.82, 2.24) is 14.5 Å². The fraction of sp³-hybridized carbons (Fsp3) is 0.286. The van der Waals surface area contributed by atoms with Gasteiger partial charge in [-0.3, -0.25) is 14.2 Å². The molecule has 0 bridgehead atoms. The number of piperazine rings is 1. The number of fused-ring (bicyclic) bond motifs is 1. The van der Waals surface area contributed by atoms with Crippen LogP contribution in [0.3, 0.4) is 0 Å². The molecule has 4 rings (SSSR count). The van der Waals surface area contributed by atoms with E-state index in [2.05, 4.69) is 11.1 Å². The smallest absolute Gasteiger partial charge is 0.261 e. The summed E-state index contributed by atoms with van der Waals surface area (Å²) in [6.45, 7) is 4.05. The first-order valence-electron chi connectivity index (χ1n) is 9.40. The first-order valence-corrected chi connectivity index (χ1v) is 9.78. The third kappa shape index (κ3) is 4.08. The number of amides is 1. The van der Waals surface area contributed by atoms with Crippen molar-refractivity contribution in [3.05, 3.63) is 75.8 Å². The summed E-state index contributed by atoms with van der Waals surface area (Å²) in [7, 11) is 0. The van der Waals surface area contributed by atoms with Gasteiger partial charge in [0.2, 0.25) is 5.91 Å². The van der Waals surface area contributed by atoms with Crippen molar-refractivity contribution in [2.75, 3.05) is 26.2 Å². The van der Waals surface area contributed by atoms with Gasteiger partial charge in [0.1, 0.15) is 13.1 Å². The Kier molecular flexibility index (Phi) is 5.41. The molecule has 3 aromatic rings. The molecule has 1 saturated heterocycles. The zero-order chi connectivity index (χ0) is 19.5. The Hall–Kier alpha value is -2.70. The Morgan fingerprint density at radius 2 is 1.89 bits per heavy atom. The SMILES string of the molecule is O=C(Cn1cnc2ccccc2c1=O)N1CC[NH+](Cc2cccc(Cl)c2)CC1. The van der Waals surface area contributed by atoms with Crippen LogP contribution in [0.25, 0.3) is 10.9 Å². The van der Waals surface area contributed by atoms with E-state index in [1.165, 1.54) is 21.4 Å². The first-order chi connectivity index (χ1) is 13.6. The summed E-state index contributed by atoms with van der Waals surface area (Å²) < 4.78 is 1.40. The summed E-state index contributed by atoms with van der Waals surface area (Å²) >= 11 is 6.06. The average molecular weight is 398 g/mol. The second-order valence-corrected chi connectivity index (χ2v) is 7.57. The molecule has 1 aromatic heterocycles. The van der Waals surface area contributed by atoms with Crippen LogP contribution in [-0.2, 0) is 17.9 Å². The maximum atomic E-state index is 12.7. The average Bonchev–Trinajstić information content (AvgIpc) is 2.71. The molecule has 6 nitrogen and oxygen atoms in total. The fourth-order valence-electron chi connectivity index (χ4n) is 3.65. The summed E-state index contributed by atoms with van der Waals surface area (Å²) in [5.41, 5.74) is 1.68. The lowest BCUT2D eigenvalue weighted by Gasteiger charge is -2.32. The third-order valence-electron chi connectivity index (χ3n) is 5.20. The van der Waals surface area contributed by atoms with Gasteiger partial charge >= 0.3 is 0 Å². The van der Waals surface area contributed by atoms with E-state index in [-0.39, 0.29) is 18.0 Å². The summed E-state index contributed by atoms with van der Waals surface area (Å²) in [6, 6.07) is 15.1. The van der Waals surface area contributed by atoms with Crippen LogP contribution in [0.5, 0.6) is 0 Å². The third-order valence-corrected chi connectivity index (χ3v) is 5.44. The quantitative estimate of drug-likeness (QED) is 0.714. The van der Waals surface area contributed by atoms with E-state index in [1.54, 1.807) is 18.2 Å². The number of nitrogens with zero attached hydrogens (tertiary/aromatic N) is 3. The molecule has 0 atom stereocenters. The highest BCUT2D eigenvalue weighted by Gasteiger charge is 2.24. The molecule has 0 spiro atoms. The van der Waals surface area contributed by atoms with Gasteiger partial charge < -0.3 is 9.80 Å². The van der Waals surface area contributed by atoms with Crippen molar-refractivity contribution in [3.8, 4) is 0 Å². The topological polar surface area (TPSA) is 59.6 Å². The van der Waals surface area contributed by atoms with Crippen LogP contribution in [0.4, 0.5) is 0 Å². The molecular formula is C21H22ClN4O2+. The minimum atomic E-state index is -0.177. The minimum absolute atomic E-state index is 0.0281. The van der Waals surface area contributed by atoms with E-state index in [4.69, 9.17) is 11.6 Å². The Balaban J connectivity index is 1.37. The molecular weight excluding hydrogens is 376 g/mol. The van der Waals surface area contributed by atoms with E-state index in [1.807, 2.05) is 29.2 Å². The molecule has 2 aromatic carbocycles. The Morgan fingerprint density at radius 3 is 2.68 bits per heavy atom. The van der Waals surface area contributed by atoms with Gasteiger partial charge in [-0.25, -0.2) is 4.98 Å². The standard InChI is InChI=1S/C21H21ClN4O2/c22-17-5-3-4-16(12-17)13-24-8-10-25(11-9-24)20(27)14-26-15-23-19-7-2-1-6-18(19)21(26)28/h1-7,12,15H,8-11,13-14H2/p+1. The molecule has 2 heterocycles. The minimum Gasteiger partial charge on any atom is -0.330 e. The second kappa shape index (κ2) is 8.12. The van der Waals surface area contributed by atoms with Gasteiger partial charge in [-0.05, 0) is 24.3 Å². The molecule has 0 aliphatic carbocycles. The molecule has 1 N–H and O–H groups in total. The molecule has 1 fully saturated rings. The van der Waals surface area contributed by atoms with Crippen molar-refractivity contribution in [2.24, 2.45) is 0 Å². The lowest BCUT2D eigenvalue weighted by molar-refractivity contribution is -0.917. The number of aromatic nitrogens is 2. The van der Waals surface area contributed by atoms with Crippen LogP contribution in [0, 0.1) is 0 Å². The number of hydrogen-bond donors (Lipinski definition) is 1. The monoisotopic (exact) mass is 397 g/mol. The predicted octanol–water partition coefficient (Wildman–Crippen LogP) is 0.977. The highest BCUT2D eigenvalue weighted by Crippen LogP contribution is 2.10. The first kappa shape index (κ1) is 18.7. The van der Waals surface area contributed by atoms with Gasteiger partial charge in [0.05, 0.1) is 43.4 Å². The number of nitrogens with one attached hydrogen (secondary N) is 1. The molecule has 0 radical (unpaired) electrons. The number of hydrogen-bond acceptors (Lipinski definition) is 3. The van der Waals surface area contributed by atoms with Gasteiger partial charge in [-0.15, -0.1) is 0 Å². The normalized spacial score (nSPS) is 15.1. The van der Waals surface area contributed by atoms with Crippen LogP contribution in [0.1, 0.15) is 5.56 Å². The fourth-order valence-corrected chi connectivity index (χ4v) is 3.86. The molecule has 0 saturated carbocycles. The van der Waals surface area contributed by atoms with Gasteiger partial charge in [0.15, 0.2) is 0 Å². The maximum Gasteiger partial charge on any atom is 0.261 e. The van der Waals surface area contributed by atoms with Crippen molar-refractivity contribution < 1.29 is 9.69 Å². The zero-order valence-electron chi connectivity index (χ0n) is 15.5. The van der Waals surface area contributed by atoms with Crippen LogP contribution < -0.4 is 10.5 Å². The molecule has 1 aliphatic heterocycles. The number of benzene rings is 2. The number of quaternary nitrogens is 1. The van der Waals surface area contributed by atoms with E-state index >= 15 is 0 Å². The van der Waals surface area contributed by atoms with Crippen LogP contribution in [-0.4, -0.2) is 46.5 Å². The number of rotatable bonds is 4. The van der Waals surface area contributed by atoms with Crippen molar-refractivity contribution in [3.63, 3.8) is 0 Å². The molecule has 144 valence electrons. The highest BCUT2D eigenvalue weighted by molar-refractivity contribution is 6.30. The van der Waals surface area contributed by atoms with Crippen molar-refractivity contribution in [2.45, 2.75) is 13.1 Å². The summed E-state index contributed by atoms with van der Waals surface area (Å²) in [5, 5.41) is 1.29. The second-order valence-electron chi connectivity index (χ2n) is 7.13. The number of halogens is 1. The number of carbonyl (C=O) groups is 1. The Morgan fingerprint density at radius 1 is 1.11 bits per heavy atom.